The molecule has 0 saturated heterocycles. The van der Waals surface area contributed by atoms with E-state index in [1.807, 2.05) is 27.8 Å². The summed E-state index contributed by atoms with van der Waals surface area (Å²) >= 11 is 0. The third kappa shape index (κ3) is 2.98. The summed E-state index contributed by atoms with van der Waals surface area (Å²) < 4.78 is 13.6. The van der Waals surface area contributed by atoms with Crippen molar-refractivity contribution in [2.45, 2.75) is 44.1 Å². The molecule has 4 heterocycles. The van der Waals surface area contributed by atoms with Gasteiger partial charge < -0.3 is 14.4 Å². The van der Waals surface area contributed by atoms with Gasteiger partial charge in [-0.1, -0.05) is 12.8 Å². The Kier molecular flexibility index (Phi) is 4.45. The molecule has 3 aliphatic rings. The van der Waals surface area contributed by atoms with Crippen molar-refractivity contribution in [3.05, 3.63) is 65.9 Å². The molecule has 1 saturated carbocycles. The fourth-order valence-corrected chi connectivity index (χ4v) is 5.58. The van der Waals surface area contributed by atoms with Crippen LogP contribution in [0.4, 0.5) is 0 Å². The molecule has 1 fully saturated rings. The number of benzene rings is 1. The van der Waals surface area contributed by atoms with Gasteiger partial charge in [0.05, 0.1) is 11.6 Å². The van der Waals surface area contributed by atoms with Gasteiger partial charge in [-0.3, -0.25) is 9.36 Å². The lowest BCUT2D eigenvalue weighted by molar-refractivity contribution is 0.0592. The van der Waals surface area contributed by atoms with Crippen molar-refractivity contribution in [3.8, 4) is 17.3 Å². The minimum absolute atomic E-state index is 0.0163. The standard InChI is InChI=1S/C25H26N4O3/c1-17-19-12-21-22(32-11-10-31-21)13-20(19)25(6-2-3-7-25)15-29(17)24(30)18-4-5-23(27-14-18)28-9-8-26-16-28/h4-5,8-9,12-14,16-17H,2-3,6-7,10-11,15H2,1H3. The molecule has 1 unspecified atom stereocenters. The highest BCUT2D eigenvalue weighted by atomic mass is 16.6. The van der Waals surface area contributed by atoms with Gasteiger partial charge in [-0.2, -0.15) is 0 Å². The monoisotopic (exact) mass is 430 g/mol. The summed E-state index contributed by atoms with van der Waals surface area (Å²) in [5.41, 5.74) is 3.11. The molecule has 2 aliphatic heterocycles. The van der Waals surface area contributed by atoms with Crippen LogP contribution in [0.2, 0.25) is 0 Å². The fraction of sp³-hybridized carbons (Fsp3) is 0.400. The molecule has 0 bridgehead atoms. The lowest BCUT2D eigenvalue weighted by Crippen LogP contribution is -2.48. The molecule has 1 amide bonds. The number of fused-ring (bicyclic) bond motifs is 3. The molecule has 2 aromatic heterocycles. The van der Waals surface area contributed by atoms with Crippen molar-refractivity contribution in [2.24, 2.45) is 0 Å². The lowest BCUT2D eigenvalue weighted by Gasteiger charge is -2.46. The van der Waals surface area contributed by atoms with Crippen LogP contribution in [0.25, 0.3) is 5.82 Å². The number of amides is 1. The number of aromatic nitrogens is 3. The summed E-state index contributed by atoms with van der Waals surface area (Å²) in [7, 11) is 0. The minimum Gasteiger partial charge on any atom is -0.486 e. The number of rotatable bonds is 2. The maximum atomic E-state index is 13.7. The molecule has 7 nitrogen and oxygen atoms in total. The first-order chi connectivity index (χ1) is 15.6. The second-order valence-corrected chi connectivity index (χ2v) is 9.05. The zero-order chi connectivity index (χ0) is 21.7. The Balaban J connectivity index is 1.37. The van der Waals surface area contributed by atoms with Gasteiger partial charge in [0.15, 0.2) is 11.5 Å². The Morgan fingerprint density at radius 2 is 1.91 bits per heavy atom. The third-order valence-electron chi connectivity index (χ3n) is 7.26. The average Bonchev–Trinajstić information content (AvgIpc) is 3.54. The topological polar surface area (TPSA) is 69.5 Å². The minimum atomic E-state index is -0.0483. The SMILES string of the molecule is CC1c2cc3c(cc2C2(CCCC2)CN1C(=O)c1ccc(-n2ccnc2)nc1)OCCO3. The van der Waals surface area contributed by atoms with Gasteiger partial charge in [0, 0.05) is 30.6 Å². The first-order valence-electron chi connectivity index (χ1n) is 11.3. The van der Waals surface area contributed by atoms with Gasteiger partial charge in [0.2, 0.25) is 0 Å². The Hall–Kier alpha value is -3.35. The van der Waals surface area contributed by atoms with E-state index < -0.39 is 0 Å². The Labute approximate surface area is 187 Å². The maximum Gasteiger partial charge on any atom is 0.255 e. The molecule has 1 aliphatic carbocycles. The van der Waals surface area contributed by atoms with Crippen molar-refractivity contribution >= 4 is 5.91 Å². The van der Waals surface area contributed by atoms with Crippen LogP contribution in [0.15, 0.2) is 49.2 Å². The predicted molar refractivity (Wildman–Crippen MR) is 118 cm³/mol. The first kappa shape index (κ1) is 19.3. The third-order valence-corrected chi connectivity index (χ3v) is 7.26. The quantitative estimate of drug-likeness (QED) is 0.613. The van der Waals surface area contributed by atoms with Crippen molar-refractivity contribution in [3.63, 3.8) is 0 Å². The largest absolute Gasteiger partial charge is 0.486 e. The van der Waals surface area contributed by atoms with E-state index >= 15 is 0 Å². The van der Waals surface area contributed by atoms with Gasteiger partial charge in [0.1, 0.15) is 25.4 Å². The van der Waals surface area contributed by atoms with Crippen LogP contribution in [-0.2, 0) is 5.41 Å². The number of imidazole rings is 1. The van der Waals surface area contributed by atoms with Crippen LogP contribution in [0, 0.1) is 0 Å². The maximum absolute atomic E-state index is 13.7. The molecular weight excluding hydrogens is 404 g/mol. The number of carbonyl (C=O) groups is 1. The molecular formula is C25H26N4O3. The second kappa shape index (κ2) is 7.36. The van der Waals surface area contributed by atoms with E-state index in [0.29, 0.717) is 18.8 Å². The number of carbonyl (C=O) groups excluding carboxylic acids is 1. The summed E-state index contributed by atoms with van der Waals surface area (Å²) in [5.74, 6) is 2.39. The van der Waals surface area contributed by atoms with Gasteiger partial charge in [-0.05, 0) is 55.2 Å². The van der Waals surface area contributed by atoms with E-state index in [1.165, 1.54) is 24.0 Å². The van der Waals surface area contributed by atoms with Crippen LogP contribution in [-0.4, -0.2) is 45.1 Å². The highest BCUT2D eigenvalue weighted by Gasteiger charge is 2.46. The van der Waals surface area contributed by atoms with Gasteiger partial charge in [0.25, 0.3) is 5.91 Å². The smallest absolute Gasteiger partial charge is 0.255 e. The van der Waals surface area contributed by atoms with Crippen molar-refractivity contribution in [1.82, 2.24) is 19.4 Å². The van der Waals surface area contributed by atoms with Crippen LogP contribution < -0.4 is 9.47 Å². The molecule has 0 radical (unpaired) electrons. The number of pyridine rings is 1. The van der Waals surface area contributed by atoms with Gasteiger partial charge in [-0.15, -0.1) is 0 Å². The van der Waals surface area contributed by atoms with Crippen LogP contribution in [0.1, 0.15) is 60.1 Å². The Morgan fingerprint density at radius 1 is 1.12 bits per heavy atom. The summed E-state index contributed by atoms with van der Waals surface area (Å²) in [6, 6.07) is 7.97. The van der Waals surface area contributed by atoms with E-state index in [9.17, 15) is 4.79 Å². The molecule has 1 atom stereocenters. The van der Waals surface area contributed by atoms with E-state index in [-0.39, 0.29) is 17.4 Å². The molecule has 164 valence electrons. The van der Waals surface area contributed by atoms with E-state index in [1.54, 1.807) is 18.7 Å². The van der Waals surface area contributed by atoms with Crippen LogP contribution in [0.5, 0.6) is 11.5 Å². The first-order valence-corrected chi connectivity index (χ1v) is 11.3. The zero-order valence-electron chi connectivity index (χ0n) is 18.2. The van der Waals surface area contributed by atoms with E-state index in [4.69, 9.17) is 9.47 Å². The number of hydrogen-bond donors (Lipinski definition) is 0. The summed E-state index contributed by atoms with van der Waals surface area (Å²) in [5, 5.41) is 0. The van der Waals surface area contributed by atoms with Gasteiger partial charge >= 0.3 is 0 Å². The van der Waals surface area contributed by atoms with E-state index in [0.717, 1.165) is 36.7 Å². The van der Waals surface area contributed by atoms with Crippen molar-refractivity contribution in [1.29, 1.82) is 0 Å². The summed E-state index contributed by atoms with van der Waals surface area (Å²) in [4.78, 5) is 24.2. The number of ether oxygens (including phenoxy) is 2. The second-order valence-electron chi connectivity index (χ2n) is 9.05. The summed E-state index contributed by atoms with van der Waals surface area (Å²) in [6.45, 7) is 3.98. The highest BCUT2D eigenvalue weighted by Crippen LogP contribution is 2.52. The van der Waals surface area contributed by atoms with Gasteiger partial charge in [-0.25, -0.2) is 9.97 Å². The zero-order valence-corrected chi connectivity index (χ0v) is 18.2. The molecule has 1 aromatic carbocycles. The number of nitrogens with zero attached hydrogens (tertiary/aromatic N) is 4. The van der Waals surface area contributed by atoms with Crippen LogP contribution >= 0.6 is 0 Å². The summed E-state index contributed by atoms with van der Waals surface area (Å²) in [6.07, 6.45) is 11.5. The molecule has 6 rings (SSSR count). The molecule has 7 heteroatoms. The Bertz CT molecular complexity index is 1150. The average molecular weight is 431 g/mol. The van der Waals surface area contributed by atoms with Crippen molar-refractivity contribution < 1.29 is 14.3 Å². The lowest BCUT2D eigenvalue weighted by atomic mass is 9.71. The molecule has 1 spiro atoms. The molecule has 32 heavy (non-hydrogen) atoms. The normalized spacial score (nSPS) is 20.9. The van der Waals surface area contributed by atoms with E-state index in [2.05, 4.69) is 29.0 Å². The molecule has 0 N–H and O–H groups in total. The molecule has 3 aromatic rings. The fourth-order valence-electron chi connectivity index (χ4n) is 5.58. The highest BCUT2D eigenvalue weighted by molar-refractivity contribution is 5.94. The van der Waals surface area contributed by atoms with Crippen molar-refractivity contribution in [2.75, 3.05) is 19.8 Å². The predicted octanol–water partition coefficient (Wildman–Crippen LogP) is 4.07. The van der Waals surface area contributed by atoms with Crippen LogP contribution in [0.3, 0.4) is 0 Å². The Morgan fingerprint density at radius 3 is 2.59 bits per heavy atom. The number of hydrogen-bond acceptors (Lipinski definition) is 5.